The third-order valence-electron chi connectivity index (χ3n) is 3.01. The van der Waals surface area contributed by atoms with Crippen LogP contribution in [0, 0.1) is 6.92 Å². The molecule has 0 fully saturated rings. The fourth-order valence-corrected chi connectivity index (χ4v) is 2.04. The highest BCUT2D eigenvalue weighted by Crippen LogP contribution is 2.27. The van der Waals surface area contributed by atoms with Crippen LogP contribution < -0.4 is 4.74 Å². The molecule has 0 unspecified atom stereocenters. The molecule has 106 valence electrons. The number of aliphatic carboxylic acids is 1. The van der Waals surface area contributed by atoms with Gasteiger partial charge >= 0.3 is 5.97 Å². The molecular weight excluding hydrogens is 260 g/mol. The highest BCUT2D eigenvalue weighted by atomic mass is 16.5. The van der Waals surface area contributed by atoms with Gasteiger partial charge in [0.15, 0.2) is 0 Å². The standard InChI is InChI=1S/C14H16N2O4/c1-9-12(7-8-13(18)19)14(20-2)16(15-9)10-3-5-11(17)6-4-10/h3-6,17H,7-8H2,1-2H3,(H,18,19). The minimum atomic E-state index is -0.858. The van der Waals surface area contributed by atoms with Crippen molar-refractivity contribution >= 4 is 5.97 Å². The fourth-order valence-electron chi connectivity index (χ4n) is 2.04. The predicted octanol–water partition coefficient (Wildman–Crippen LogP) is 1.91. The maximum absolute atomic E-state index is 10.7. The number of carboxylic acid groups (broad SMARTS) is 1. The summed E-state index contributed by atoms with van der Waals surface area (Å²) in [5.74, 6) is -0.166. The van der Waals surface area contributed by atoms with E-state index in [1.165, 1.54) is 7.11 Å². The van der Waals surface area contributed by atoms with Gasteiger partial charge in [-0.15, -0.1) is 0 Å². The van der Waals surface area contributed by atoms with Gasteiger partial charge in [-0.25, -0.2) is 4.68 Å². The number of benzene rings is 1. The Morgan fingerprint density at radius 1 is 1.35 bits per heavy atom. The molecule has 0 aliphatic heterocycles. The number of nitrogens with zero attached hydrogens (tertiary/aromatic N) is 2. The van der Waals surface area contributed by atoms with Crippen LogP contribution in [0.25, 0.3) is 5.69 Å². The van der Waals surface area contributed by atoms with Crippen molar-refractivity contribution in [3.8, 4) is 17.3 Å². The second kappa shape index (κ2) is 5.64. The molecule has 1 heterocycles. The molecule has 0 saturated carbocycles. The van der Waals surface area contributed by atoms with E-state index in [1.807, 2.05) is 6.92 Å². The van der Waals surface area contributed by atoms with Crippen LogP contribution >= 0.6 is 0 Å². The van der Waals surface area contributed by atoms with Crippen LogP contribution in [0.1, 0.15) is 17.7 Å². The zero-order valence-electron chi connectivity index (χ0n) is 11.3. The smallest absolute Gasteiger partial charge is 0.303 e. The van der Waals surface area contributed by atoms with E-state index >= 15 is 0 Å². The number of phenolic OH excluding ortho intramolecular Hbond substituents is 1. The van der Waals surface area contributed by atoms with Crippen LogP contribution in [0.2, 0.25) is 0 Å². The summed E-state index contributed by atoms with van der Waals surface area (Å²) in [6.45, 7) is 1.82. The van der Waals surface area contributed by atoms with E-state index in [0.717, 1.165) is 16.9 Å². The van der Waals surface area contributed by atoms with E-state index in [4.69, 9.17) is 9.84 Å². The van der Waals surface area contributed by atoms with Gasteiger partial charge in [0.1, 0.15) is 5.75 Å². The third-order valence-corrected chi connectivity index (χ3v) is 3.01. The van der Waals surface area contributed by atoms with Gasteiger partial charge in [-0.3, -0.25) is 4.79 Å². The molecule has 2 aromatic rings. The Hall–Kier alpha value is -2.50. The summed E-state index contributed by atoms with van der Waals surface area (Å²) in [7, 11) is 1.53. The van der Waals surface area contributed by atoms with Crippen LogP contribution in [0.3, 0.4) is 0 Å². The largest absolute Gasteiger partial charge is 0.508 e. The third kappa shape index (κ3) is 2.74. The van der Waals surface area contributed by atoms with E-state index in [1.54, 1.807) is 28.9 Å². The lowest BCUT2D eigenvalue weighted by Gasteiger charge is -2.07. The number of aryl methyl sites for hydroxylation is 1. The van der Waals surface area contributed by atoms with Crippen molar-refractivity contribution in [2.45, 2.75) is 19.8 Å². The average Bonchev–Trinajstić information content (AvgIpc) is 2.73. The molecule has 1 aromatic heterocycles. The van der Waals surface area contributed by atoms with Crippen molar-refractivity contribution in [2.75, 3.05) is 7.11 Å². The highest BCUT2D eigenvalue weighted by molar-refractivity contribution is 5.67. The summed E-state index contributed by atoms with van der Waals surface area (Å²) < 4.78 is 6.96. The molecule has 0 amide bonds. The Morgan fingerprint density at radius 2 is 2.00 bits per heavy atom. The van der Waals surface area contributed by atoms with Crippen molar-refractivity contribution in [1.29, 1.82) is 0 Å². The van der Waals surface area contributed by atoms with Crippen molar-refractivity contribution < 1.29 is 19.7 Å². The van der Waals surface area contributed by atoms with Crippen LogP contribution in [0.5, 0.6) is 11.6 Å². The zero-order valence-corrected chi connectivity index (χ0v) is 11.3. The minimum absolute atomic E-state index is 0.0263. The highest BCUT2D eigenvalue weighted by Gasteiger charge is 2.17. The summed E-state index contributed by atoms with van der Waals surface area (Å²) in [5, 5.41) is 22.5. The average molecular weight is 276 g/mol. The lowest BCUT2D eigenvalue weighted by molar-refractivity contribution is -0.136. The molecule has 0 spiro atoms. The predicted molar refractivity (Wildman–Crippen MR) is 72.5 cm³/mol. The summed E-state index contributed by atoms with van der Waals surface area (Å²) in [4.78, 5) is 10.7. The first kappa shape index (κ1) is 13.9. The molecule has 6 nitrogen and oxygen atoms in total. The number of carbonyl (C=O) groups is 1. The van der Waals surface area contributed by atoms with Crippen LogP contribution in [-0.4, -0.2) is 33.1 Å². The summed E-state index contributed by atoms with van der Waals surface area (Å²) in [6.07, 6.45) is 0.390. The molecule has 6 heteroatoms. The van der Waals surface area contributed by atoms with Gasteiger partial charge in [-0.2, -0.15) is 5.10 Å². The SMILES string of the molecule is COc1c(CCC(=O)O)c(C)nn1-c1ccc(O)cc1. The summed E-state index contributed by atoms with van der Waals surface area (Å²) >= 11 is 0. The Kier molecular flexibility index (Phi) is 3.93. The number of rotatable bonds is 5. The molecule has 0 bridgehead atoms. The maximum Gasteiger partial charge on any atom is 0.303 e. The van der Waals surface area contributed by atoms with Crippen molar-refractivity contribution in [1.82, 2.24) is 9.78 Å². The number of aromatic nitrogens is 2. The summed E-state index contributed by atoms with van der Waals surface area (Å²) in [6, 6.07) is 6.54. The Labute approximate surface area is 116 Å². The normalized spacial score (nSPS) is 10.5. The lowest BCUT2D eigenvalue weighted by Crippen LogP contribution is -2.02. The number of aromatic hydroxyl groups is 1. The van der Waals surface area contributed by atoms with E-state index in [-0.39, 0.29) is 12.2 Å². The first-order valence-corrected chi connectivity index (χ1v) is 6.16. The number of methoxy groups -OCH3 is 1. The Balaban J connectivity index is 2.41. The molecule has 0 atom stereocenters. The maximum atomic E-state index is 10.7. The van der Waals surface area contributed by atoms with E-state index in [0.29, 0.717) is 12.3 Å². The van der Waals surface area contributed by atoms with E-state index < -0.39 is 5.97 Å². The number of hydrogen-bond donors (Lipinski definition) is 2. The first-order chi connectivity index (χ1) is 9.52. The van der Waals surface area contributed by atoms with E-state index in [2.05, 4.69) is 5.10 Å². The van der Waals surface area contributed by atoms with Gasteiger partial charge in [-0.05, 0) is 37.6 Å². The number of hydrogen-bond acceptors (Lipinski definition) is 4. The number of phenols is 1. The van der Waals surface area contributed by atoms with Crippen molar-refractivity contribution in [3.63, 3.8) is 0 Å². The molecule has 0 aliphatic rings. The molecule has 0 radical (unpaired) electrons. The zero-order chi connectivity index (χ0) is 14.7. The molecule has 0 saturated heterocycles. The number of carboxylic acids is 1. The Bertz CT molecular complexity index is 617. The van der Waals surface area contributed by atoms with Gasteiger partial charge < -0.3 is 14.9 Å². The Morgan fingerprint density at radius 3 is 2.55 bits per heavy atom. The molecule has 20 heavy (non-hydrogen) atoms. The minimum Gasteiger partial charge on any atom is -0.508 e. The molecule has 1 aromatic carbocycles. The van der Waals surface area contributed by atoms with Gasteiger partial charge in [-0.1, -0.05) is 0 Å². The molecule has 0 aliphatic carbocycles. The van der Waals surface area contributed by atoms with E-state index in [9.17, 15) is 9.90 Å². The van der Waals surface area contributed by atoms with Crippen LogP contribution in [-0.2, 0) is 11.2 Å². The molecule has 2 rings (SSSR count). The van der Waals surface area contributed by atoms with Crippen LogP contribution in [0.4, 0.5) is 0 Å². The second-order valence-corrected chi connectivity index (χ2v) is 4.40. The number of ether oxygens (including phenoxy) is 1. The first-order valence-electron chi connectivity index (χ1n) is 6.16. The van der Waals surface area contributed by atoms with Gasteiger partial charge in [0.25, 0.3) is 0 Å². The van der Waals surface area contributed by atoms with Crippen molar-refractivity contribution in [2.24, 2.45) is 0 Å². The molecular formula is C14H16N2O4. The topological polar surface area (TPSA) is 84.6 Å². The van der Waals surface area contributed by atoms with Gasteiger partial charge in [0.2, 0.25) is 5.88 Å². The van der Waals surface area contributed by atoms with Crippen LogP contribution in [0.15, 0.2) is 24.3 Å². The quantitative estimate of drug-likeness (QED) is 0.871. The monoisotopic (exact) mass is 276 g/mol. The second-order valence-electron chi connectivity index (χ2n) is 4.40. The lowest BCUT2D eigenvalue weighted by atomic mass is 10.1. The molecule has 2 N–H and O–H groups in total. The summed E-state index contributed by atoms with van der Waals surface area (Å²) in [5.41, 5.74) is 2.25. The fraction of sp³-hybridized carbons (Fsp3) is 0.286. The van der Waals surface area contributed by atoms with Crippen molar-refractivity contribution in [3.05, 3.63) is 35.5 Å². The van der Waals surface area contributed by atoms with Gasteiger partial charge in [0.05, 0.1) is 18.5 Å². The van der Waals surface area contributed by atoms with Gasteiger partial charge in [0, 0.05) is 12.0 Å².